The van der Waals surface area contributed by atoms with Gasteiger partial charge in [0, 0.05) is 0 Å². The largest absolute Gasteiger partial charge is 0.416 e. The zero-order valence-corrected chi connectivity index (χ0v) is 10.9. The third-order valence-corrected chi connectivity index (χ3v) is 3.26. The van der Waals surface area contributed by atoms with Crippen LogP contribution < -0.4 is 0 Å². The molecule has 1 aromatic carbocycles. The van der Waals surface area contributed by atoms with E-state index >= 15 is 0 Å². The second kappa shape index (κ2) is 5.86. The van der Waals surface area contributed by atoms with E-state index in [4.69, 9.17) is 10.2 Å². The summed E-state index contributed by atoms with van der Waals surface area (Å²) in [5.41, 5.74) is -9.21. The highest BCUT2D eigenvalue weighted by atomic mass is 19.4. The number of aliphatic hydroxyl groups is 2. The van der Waals surface area contributed by atoms with Gasteiger partial charge in [-0.3, -0.25) is 0 Å². The minimum absolute atomic E-state index is 0.0147. The Morgan fingerprint density at radius 1 is 0.652 bits per heavy atom. The maximum absolute atomic E-state index is 12.9. The molecule has 0 aliphatic heterocycles. The molecule has 0 fully saturated rings. The van der Waals surface area contributed by atoms with Gasteiger partial charge in [-0.25, -0.2) is 0 Å². The van der Waals surface area contributed by atoms with Crippen molar-refractivity contribution in [1.82, 2.24) is 0 Å². The summed E-state index contributed by atoms with van der Waals surface area (Å²) in [6.45, 7) is -2.03. The molecule has 0 saturated carbocycles. The Morgan fingerprint density at radius 2 is 1.04 bits per heavy atom. The second-order valence-corrected chi connectivity index (χ2v) is 4.54. The number of rotatable bonds is 3. The van der Waals surface area contributed by atoms with Crippen molar-refractivity contribution in [2.45, 2.75) is 37.2 Å². The quantitative estimate of drug-likeness (QED) is 0.813. The third-order valence-electron chi connectivity index (χ3n) is 3.26. The first-order valence-electron chi connectivity index (χ1n) is 5.78. The Morgan fingerprint density at radius 3 is 1.35 bits per heavy atom. The number of halogens is 9. The Hall–Kier alpha value is -1.49. The average Bonchev–Trinajstić information content (AvgIpc) is 2.33. The van der Waals surface area contributed by atoms with Crippen LogP contribution in [0.3, 0.4) is 0 Å². The van der Waals surface area contributed by atoms with E-state index < -0.39 is 48.3 Å². The van der Waals surface area contributed by atoms with E-state index in [9.17, 15) is 39.5 Å². The Labute approximate surface area is 123 Å². The van der Waals surface area contributed by atoms with Crippen LogP contribution in [0.2, 0.25) is 0 Å². The maximum atomic E-state index is 12.9. The molecule has 2 nitrogen and oxygen atoms in total. The monoisotopic (exact) mass is 356 g/mol. The molecule has 2 N–H and O–H groups in total. The molecule has 0 heterocycles. The minimum atomic E-state index is -6.73. The Bertz CT molecular complexity index is 521. The highest BCUT2D eigenvalue weighted by Gasteiger charge is 2.84. The summed E-state index contributed by atoms with van der Waals surface area (Å²) in [7, 11) is 0. The molecule has 0 amide bonds. The van der Waals surface area contributed by atoms with Crippen molar-refractivity contribution in [2.75, 3.05) is 0 Å². The molecule has 132 valence electrons. The summed E-state index contributed by atoms with van der Waals surface area (Å²) in [6, 6.07) is 0.401. The van der Waals surface area contributed by atoms with Gasteiger partial charge in [-0.2, -0.15) is 39.5 Å². The van der Waals surface area contributed by atoms with Gasteiger partial charge in [0.15, 0.2) is 0 Å². The van der Waals surface area contributed by atoms with Crippen LogP contribution in [0.25, 0.3) is 0 Å². The molecular formula is C12H9F9O2. The van der Waals surface area contributed by atoms with Crippen LogP contribution in [-0.2, 0) is 18.6 Å². The average molecular weight is 356 g/mol. The first-order valence-corrected chi connectivity index (χ1v) is 5.78. The smallest absolute Gasteiger partial charge is 0.392 e. The number of hydrogen-bond acceptors (Lipinski definition) is 2. The van der Waals surface area contributed by atoms with Crippen LogP contribution in [-0.4, -0.2) is 28.7 Å². The summed E-state index contributed by atoms with van der Waals surface area (Å²) in [6.07, 6.45) is -20.2. The van der Waals surface area contributed by atoms with Gasteiger partial charge in [-0.15, -0.1) is 0 Å². The molecular weight excluding hydrogens is 347 g/mol. The van der Waals surface area contributed by atoms with Crippen LogP contribution in [0.5, 0.6) is 0 Å². The standard InChI is InChI=1S/C12H9F9O2/c13-10(14,15)9(11(16,17)18,12(19,20)21)8-2-1-6(4-22)7(3-8)5-23/h1-3,22-23H,4-5H2. The highest BCUT2D eigenvalue weighted by molar-refractivity contribution is 5.39. The molecule has 0 saturated heterocycles. The lowest BCUT2D eigenvalue weighted by molar-refractivity contribution is -0.387. The fourth-order valence-corrected chi connectivity index (χ4v) is 2.13. The minimum Gasteiger partial charge on any atom is -0.392 e. The fourth-order valence-electron chi connectivity index (χ4n) is 2.13. The Balaban J connectivity index is 3.86. The van der Waals surface area contributed by atoms with Gasteiger partial charge in [0.1, 0.15) is 0 Å². The molecule has 0 atom stereocenters. The van der Waals surface area contributed by atoms with Gasteiger partial charge in [-0.1, -0.05) is 18.2 Å². The molecule has 1 rings (SSSR count). The number of benzene rings is 1. The maximum Gasteiger partial charge on any atom is 0.416 e. The van der Waals surface area contributed by atoms with Crippen molar-refractivity contribution in [3.63, 3.8) is 0 Å². The van der Waals surface area contributed by atoms with Gasteiger partial charge in [0.2, 0.25) is 0 Å². The number of aliphatic hydroxyl groups excluding tert-OH is 2. The molecule has 0 aromatic heterocycles. The van der Waals surface area contributed by atoms with Gasteiger partial charge in [-0.05, 0) is 16.7 Å². The molecule has 0 spiro atoms. The summed E-state index contributed by atoms with van der Waals surface area (Å²) < 4.78 is 116. The topological polar surface area (TPSA) is 40.5 Å². The predicted molar refractivity (Wildman–Crippen MR) is 58.1 cm³/mol. The molecule has 0 aliphatic rings. The summed E-state index contributed by atoms with van der Waals surface area (Å²) in [4.78, 5) is 0. The van der Waals surface area contributed by atoms with E-state index in [1.807, 2.05) is 0 Å². The molecule has 23 heavy (non-hydrogen) atoms. The third kappa shape index (κ3) is 2.99. The molecule has 0 unspecified atom stereocenters. The summed E-state index contributed by atoms with van der Waals surface area (Å²) in [5, 5.41) is 17.7. The summed E-state index contributed by atoms with van der Waals surface area (Å²) in [5.74, 6) is 0. The molecule has 0 bridgehead atoms. The lowest BCUT2D eigenvalue weighted by Gasteiger charge is -2.39. The number of alkyl halides is 9. The zero-order valence-electron chi connectivity index (χ0n) is 10.9. The second-order valence-electron chi connectivity index (χ2n) is 4.54. The Kier molecular flexibility index (Phi) is 4.98. The van der Waals surface area contributed by atoms with Crippen molar-refractivity contribution in [2.24, 2.45) is 0 Å². The lowest BCUT2D eigenvalue weighted by atomic mass is 9.77. The van der Waals surface area contributed by atoms with E-state index in [1.165, 1.54) is 0 Å². The molecule has 11 heteroatoms. The zero-order chi connectivity index (χ0) is 18.3. The van der Waals surface area contributed by atoms with E-state index in [0.717, 1.165) is 0 Å². The molecule has 0 aliphatic carbocycles. The van der Waals surface area contributed by atoms with Gasteiger partial charge < -0.3 is 10.2 Å². The fraction of sp³-hybridized carbons (Fsp3) is 0.500. The van der Waals surface area contributed by atoms with E-state index in [-0.39, 0.29) is 17.7 Å². The normalized spacial score (nSPS) is 14.2. The number of hydrogen-bond donors (Lipinski definition) is 2. The van der Waals surface area contributed by atoms with E-state index in [1.54, 1.807) is 0 Å². The predicted octanol–water partition coefficient (Wildman–Crippen LogP) is 3.60. The van der Waals surface area contributed by atoms with Crippen LogP contribution in [0.4, 0.5) is 39.5 Å². The van der Waals surface area contributed by atoms with Crippen LogP contribution in [0.1, 0.15) is 16.7 Å². The molecule has 0 radical (unpaired) electrons. The van der Waals surface area contributed by atoms with Crippen LogP contribution in [0.15, 0.2) is 18.2 Å². The van der Waals surface area contributed by atoms with Crippen molar-refractivity contribution in [3.8, 4) is 0 Å². The summed E-state index contributed by atoms with van der Waals surface area (Å²) >= 11 is 0. The first kappa shape index (κ1) is 19.6. The van der Waals surface area contributed by atoms with Crippen molar-refractivity contribution in [1.29, 1.82) is 0 Å². The van der Waals surface area contributed by atoms with Crippen molar-refractivity contribution in [3.05, 3.63) is 34.9 Å². The SMILES string of the molecule is OCc1ccc(C(C(F)(F)F)(C(F)(F)F)C(F)(F)F)cc1CO. The van der Waals surface area contributed by atoms with Crippen LogP contribution in [0, 0.1) is 0 Å². The van der Waals surface area contributed by atoms with Gasteiger partial charge >= 0.3 is 18.5 Å². The van der Waals surface area contributed by atoms with E-state index in [0.29, 0.717) is 6.07 Å². The first-order chi connectivity index (χ1) is 10.2. The van der Waals surface area contributed by atoms with E-state index in [2.05, 4.69) is 0 Å². The van der Waals surface area contributed by atoms with Crippen LogP contribution >= 0.6 is 0 Å². The van der Waals surface area contributed by atoms with Gasteiger partial charge in [0.25, 0.3) is 5.41 Å². The van der Waals surface area contributed by atoms with Crippen molar-refractivity contribution < 1.29 is 49.7 Å². The van der Waals surface area contributed by atoms with Crippen molar-refractivity contribution >= 4 is 0 Å². The lowest BCUT2D eigenvalue weighted by Crippen LogP contribution is -2.63. The highest BCUT2D eigenvalue weighted by Crippen LogP contribution is 2.60. The van der Waals surface area contributed by atoms with Gasteiger partial charge in [0.05, 0.1) is 13.2 Å². The molecule has 1 aromatic rings.